The van der Waals surface area contributed by atoms with Gasteiger partial charge in [-0.05, 0) is 19.3 Å². The summed E-state index contributed by atoms with van der Waals surface area (Å²) >= 11 is 0. The van der Waals surface area contributed by atoms with E-state index in [-0.39, 0.29) is 0 Å². The molecule has 0 spiro atoms. The van der Waals surface area contributed by atoms with Gasteiger partial charge in [0.2, 0.25) is 0 Å². The molecule has 2 heteroatoms. The summed E-state index contributed by atoms with van der Waals surface area (Å²) in [6.07, 6.45) is 11.6. The largest absolute Gasteiger partial charge is 0.390 e. The highest BCUT2D eigenvalue weighted by molar-refractivity contribution is 4.92. The van der Waals surface area contributed by atoms with Crippen LogP contribution in [0.25, 0.3) is 0 Å². The average molecular weight is 198 g/mol. The fraction of sp³-hybridized carbons (Fsp3) is 0.833. The minimum Gasteiger partial charge on any atom is -0.390 e. The summed E-state index contributed by atoms with van der Waals surface area (Å²) in [7, 11) is 0. The second kappa shape index (κ2) is 7.02. The first-order valence-corrected chi connectivity index (χ1v) is 5.83. The van der Waals surface area contributed by atoms with Crippen LogP contribution < -0.4 is 0 Å². The second-order valence-corrected chi connectivity index (χ2v) is 4.18. The van der Waals surface area contributed by atoms with Crippen molar-refractivity contribution in [2.24, 2.45) is 0 Å². The molecule has 0 fully saturated rings. The standard InChI is InChI=1S/C12H22O2/c13-11-9-7-5-3-1-2-4-6-8-10-12(11)14/h7,9,11-14H,1-6,8,10H2/b9-7+. The maximum Gasteiger partial charge on any atom is 0.0979 e. The quantitative estimate of drug-likeness (QED) is 0.587. The molecule has 2 N–H and O–H groups in total. The molecule has 0 aromatic carbocycles. The molecule has 0 saturated heterocycles. The van der Waals surface area contributed by atoms with Crippen LogP contribution in [0.1, 0.15) is 51.4 Å². The molecular formula is C12H22O2. The zero-order valence-electron chi connectivity index (χ0n) is 8.86. The molecular weight excluding hydrogens is 176 g/mol. The Bertz CT molecular complexity index is 166. The van der Waals surface area contributed by atoms with Crippen molar-refractivity contribution >= 4 is 0 Å². The fourth-order valence-electron chi connectivity index (χ4n) is 1.86. The van der Waals surface area contributed by atoms with Crippen LogP contribution in [0, 0.1) is 0 Å². The first-order chi connectivity index (χ1) is 6.80. The van der Waals surface area contributed by atoms with E-state index in [1.165, 1.54) is 32.1 Å². The van der Waals surface area contributed by atoms with E-state index in [0.29, 0.717) is 0 Å². The van der Waals surface area contributed by atoms with Gasteiger partial charge in [0.15, 0.2) is 0 Å². The van der Waals surface area contributed by atoms with E-state index >= 15 is 0 Å². The van der Waals surface area contributed by atoms with Crippen LogP contribution in [0.2, 0.25) is 0 Å². The highest BCUT2D eigenvalue weighted by Crippen LogP contribution is 2.13. The Hall–Kier alpha value is -0.340. The van der Waals surface area contributed by atoms with Crippen LogP contribution in [0.3, 0.4) is 0 Å². The fourth-order valence-corrected chi connectivity index (χ4v) is 1.86. The molecule has 2 atom stereocenters. The molecule has 0 bridgehead atoms. The van der Waals surface area contributed by atoms with Gasteiger partial charge in [0.05, 0.1) is 12.2 Å². The van der Waals surface area contributed by atoms with Crippen molar-refractivity contribution in [1.82, 2.24) is 0 Å². The lowest BCUT2D eigenvalue weighted by molar-refractivity contribution is 0.0412. The van der Waals surface area contributed by atoms with Gasteiger partial charge in [-0.2, -0.15) is 0 Å². The summed E-state index contributed by atoms with van der Waals surface area (Å²) < 4.78 is 0. The number of aliphatic hydroxyl groups is 2. The lowest BCUT2D eigenvalue weighted by Gasteiger charge is -2.14. The van der Waals surface area contributed by atoms with Gasteiger partial charge in [0, 0.05) is 0 Å². The van der Waals surface area contributed by atoms with Gasteiger partial charge in [0.1, 0.15) is 0 Å². The van der Waals surface area contributed by atoms with Gasteiger partial charge in [-0.3, -0.25) is 0 Å². The molecule has 2 nitrogen and oxygen atoms in total. The minimum absolute atomic E-state index is 0.564. The van der Waals surface area contributed by atoms with Gasteiger partial charge in [-0.25, -0.2) is 0 Å². The van der Waals surface area contributed by atoms with Gasteiger partial charge in [0.25, 0.3) is 0 Å². The van der Waals surface area contributed by atoms with Crippen molar-refractivity contribution in [3.63, 3.8) is 0 Å². The van der Waals surface area contributed by atoms with E-state index in [9.17, 15) is 10.2 Å². The molecule has 1 aliphatic carbocycles. The topological polar surface area (TPSA) is 40.5 Å². The Labute approximate surface area is 86.6 Å². The molecule has 0 aromatic heterocycles. The third-order valence-electron chi connectivity index (χ3n) is 2.85. The Kier molecular flexibility index (Phi) is 5.88. The molecule has 0 amide bonds. The van der Waals surface area contributed by atoms with Crippen molar-refractivity contribution in [3.8, 4) is 0 Å². The van der Waals surface area contributed by atoms with Crippen LogP contribution >= 0.6 is 0 Å². The van der Waals surface area contributed by atoms with E-state index in [2.05, 4.69) is 0 Å². The van der Waals surface area contributed by atoms with Crippen molar-refractivity contribution in [2.45, 2.75) is 63.6 Å². The van der Waals surface area contributed by atoms with Crippen LogP contribution in [0.15, 0.2) is 12.2 Å². The van der Waals surface area contributed by atoms with E-state index in [0.717, 1.165) is 19.3 Å². The van der Waals surface area contributed by atoms with E-state index in [1.807, 2.05) is 6.08 Å². The van der Waals surface area contributed by atoms with E-state index in [1.54, 1.807) is 6.08 Å². The Morgan fingerprint density at radius 2 is 1.50 bits per heavy atom. The molecule has 0 aromatic rings. The molecule has 82 valence electrons. The maximum atomic E-state index is 9.56. The molecule has 14 heavy (non-hydrogen) atoms. The SMILES string of the molecule is OC1/C=C/CCCCCCCCC1O. The zero-order valence-corrected chi connectivity index (χ0v) is 8.86. The minimum atomic E-state index is -0.658. The average Bonchev–Trinajstić information content (AvgIpc) is 2.18. The summed E-state index contributed by atoms with van der Waals surface area (Å²) in [5, 5.41) is 19.1. The number of allylic oxidation sites excluding steroid dienone is 1. The lowest BCUT2D eigenvalue weighted by atomic mass is 10.0. The number of hydrogen-bond donors (Lipinski definition) is 2. The monoisotopic (exact) mass is 198 g/mol. The van der Waals surface area contributed by atoms with Gasteiger partial charge in [-0.15, -0.1) is 0 Å². The molecule has 0 aliphatic heterocycles. The molecule has 0 radical (unpaired) electrons. The number of aliphatic hydroxyl groups excluding tert-OH is 2. The highest BCUT2D eigenvalue weighted by atomic mass is 16.3. The Morgan fingerprint density at radius 3 is 2.29 bits per heavy atom. The van der Waals surface area contributed by atoms with Crippen LogP contribution in [-0.2, 0) is 0 Å². The first-order valence-electron chi connectivity index (χ1n) is 5.83. The lowest BCUT2D eigenvalue weighted by Crippen LogP contribution is -2.23. The molecule has 2 unspecified atom stereocenters. The normalized spacial score (nSPS) is 34.1. The van der Waals surface area contributed by atoms with Crippen LogP contribution in [0.4, 0.5) is 0 Å². The predicted octanol–water partition coefficient (Wildman–Crippen LogP) is 2.40. The predicted molar refractivity (Wildman–Crippen MR) is 58.1 cm³/mol. The molecule has 1 rings (SSSR count). The Morgan fingerprint density at radius 1 is 0.857 bits per heavy atom. The summed E-state index contributed by atoms with van der Waals surface area (Å²) in [5.74, 6) is 0. The third-order valence-corrected chi connectivity index (χ3v) is 2.85. The van der Waals surface area contributed by atoms with Crippen molar-refractivity contribution in [3.05, 3.63) is 12.2 Å². The first kappa shape index (κ1) is 11.7. The second-order valence-electron chi connectivity index (χ2n) is 4.18. The molecule has 0 heterocycles. The molecule has 0 saturated carbocycles. The van der Waals surface area contributed by atoms with Gasteiger partial charge in [-0.1, -0.05) is 44.3 Å². The van der Waals surface area contributed by atoms with Crippen molar-refractivity contribution < 1.29 is 10.2 Å². The number of rotatable bonds is 0. The van der Waals surface area contributed by atoms with Gasteiger partial charge >= 0.3 is 0 Å². The van der Waals surface area contributed by atoms with Crippen molar-refractivity contribution in [2.75, 3.05) is 0 Å². The summed E-state index contributed by atoms with van der Waals surface area (Å²) in [5.41, 5.74) is 0. The van der Waals surface area contributed by atoms with Crippen LogP contribution in [0.5, 0.6) is 0 Å². The van der Waals surface area contributed by atoms with E-state index in [4.69, 9.17) is 0 Å². The Balaban J connectivity index is 2.35. The van der Waals surface area contributed by atoms with E-state index < -0.39 is 12.2 Å². The third kappa shape index (κ3) is 4.77. The highest BCUT2D eigenvalue weighted by Gasteiger charge is 2.12. The van der Waals surface area contributed by atoms with Gasteiger partial charge < -0.3 is 10.2 Å². The van der Waals surface area contributed by atoms with Crippen LogP contribution in [-0.4, -0.2) is 22.4 Å². The summed E-state index contributed by atoms with van der Waals surface area (Å²) in [4.78, 5) is 0. The molecule has 1 aliphatic rings. The maximum absolute atomic E-state index is 9.56. The van der Waals surface area contributed by atoms with Crippen molar-refractivity contribution in [1.29, 1.82) is 0 Å². The zero-order chi connectivity index (χ0) is 10.2. The summed E-state index contributed by atoms with van der Waals surface area (Å²) in [6.45, 7) is 0. The number of hydrogen-bond acceptors (Lipinski definition) is 2. The smallest absolute Gasteiger partial charge is 0.0979 e. The summed E-state index contributed by atoms with van der Waals surface area (Å²) in [6, 6.07) is 0.